The van der Waals surface area contributed by atoms with Crippen molar-refractivity contribution in [3.05, 3.63) is 0 Å². The lowest BCUT2D eigenvalue weighted by Crippen LogP contribution is -2.13. The van der Waals surface area contributed by atoms with Crippen LogP contribution in [0.15, 0.2) is 0 Å². The van der Waals surface area contributed by atoms with E-state index in [9.17, 15) is 4.79 Å². The highest BCUT2D eigenvalue weighted by molar-refractivity contribution is 6.20. The summed E-state index contributed by atoms with van der Waals surface area (Å²) in [7, 11) is 0. The molecule has 2 unspecified atom stereocenters. The molecule has 2 saturated carbocycles. The van der Waals surface area contributed by atoms with Gasteiger partial charge in [0.15, 0.2) is 0 Å². The van der Waals surface area contributed by atoms with Crippen LogP contribution in [0.3, 0.4) is 0 Å². The molecule has 0 aromatic heterocycles. The van der Waals surface area contributed by atoms with Crippen molar-refractivity contribution in [2.45, 2.75) is 19.3 Å². The largest absolute Gasteiger partial charge is 0.299 e. The second-order valence-corrected chi connectivity index (χ2v) is 3.42. The van der Waals surface area contributed by atoms with Crippen molar-refractivity contribution in [2.75, 3.05) is 5.88 Å². The van der Waals surface area contributed by atoms with E-state index in [2.05, 4.69) is 0 Å². The van der Waals surface area contributed by atoms with Crippen LogP contribution in [0.1, 0.15) is 19.3 Å². The molecule has 9 heavy (non-hydrogen) atoms. The van der Waals surface area contributed by atoms with Gasteiger partial charge in [0.05, 0.1) is 0 Å². The smallest absolute Gasteiger partial charge is 0.140 e. The number of alkyl halides is 1. The van der Waals surface area contributed by atoms with E-state index in [1.54, 1.807) is 0 Å². The van der Waals surface area contributed by atoms with Gasteiger partial charge in [-0.2, -0.15) is 0 Å². The van der Waals surface area contributed by atoms with Gasteiger partial charge in [0, 0.05) is 17.7 Å². The fourth-order valence-corrected chi connectivity index (χ4v) is 2.37. The summed E-state index contributed by atoms with van der Waals surface area (Å²) in [6.07, 6.45) is 2.97. The number of carbonyl (C=O) groups is 1. The number of Topliss-reactive ketones (excluding diaryl/α,β-unsaturated/α-hetero) is 1. The van der Waals surface area contributed by atoms with E-state index in [-0.39, 0.29) is 5.41 Å². The molecule has 2 aliphatic rings. The summed E-state index contributed by atoms with van der Waals surface area (Å²) in [4.78, 5) is 11.1. The molecule has 2 atom stereocenters. The quantitative estimate of drug-likeness (QED) is 0.511. The summed E-state index contributed by atoms with van der Waals surface area (Å²) < 4.78 is 0. The van der Waals surface area contributed by atoms with Gasteiger partial charge in [-0.3, -0.25) is 4.79 Å². The predicted octanol–water partition coefficient (Wildman–Crippen LogP) is 1.59. The van der Waals surface area contributed by atoms with Crippen molar-refractivity contribution < 1.29 is 4.79 Å². The number of carbonyl (C=O) groups excluding carboxylic acids is 1. The Labute approximate surface area is 59.4 Å². The van der Waals surface area contributed by atoms with Gasteiger partial charge < -0.3 is 0 Å². The first-order chi connectivity index (χ1) is 4.29. The highest BCUT2D eigenvalue weighted by Crippen LogP contribution is 2.61. The lowest BCUT2D eigenvalue weighted by atomic mass is 10.1. The molecule has 2 aliphatic carbocycles. The maximum absolute atomic E-state index is 11.1. The van der Waals surface area contributed by atoms with E-state index in [4.69, 9.17) is 11.6 Å². The van der Waals surface area contributed by atoms with E-state index >= 15 is 0 Å². The summed E-state index contributed by atoms with van der Waals surface area (Å²) in [5.41, 5.74) is -0.0123. The first-order valence-electron chi connectivity index (χ1n) is 3.39. The van der Waals surface area contributed by atoms with Crippen molar-refractivity contribution >= 4 is 17.4 Å². The Bertz CT molecular complexity index is 162. The van der Waals surface area contributed by atoms with Crippen molar-refractivity contribution in [1.82, 2.24) is 0 Å². The van der Waals surface area contributed by atoms with Gasteiger partial charge in [0.2, 0.25) is 0 Å². The van der Waals surface area contributed by atoms with Gasteiger partial charge in [-0.1, -0.05) is 0 Å². The van der Waals surface area contributed by atoms with Crippen molar-refractivity contribution in [2.24, 2.45) is 11.3 Å². The van der Waals surface area contributed by atoms with E-state index < -0.39 is 0 Å². The summed E-state index contributed by atoms with van der Waals surface area (Å²) in [5.74, 6) is 1.65. The van der Waals surface area contributed by atoms with Gasteiger partial charge in [-0.05, 0) is 18.8 Å². The molecule has 0 radical (unpaired) electrons. The van der Waals surface area contributed by atoms with Crippen molar-refractivity contribution in [3.63, 3.8) is 0 Å². The van der Waals surface area contributed by atoms with Crippen LogP contribution >= 0.6 is 11.6 Å². The second kappa shape index (κ2) is 1.51. The maximum atomic E-state index is 11.1. The van der Waals surface area contributed by atoms with E-state index in [1.165, 1.54) is 0 Å². The zero-order valence-corrected chi connectivity index (χ0v) is 5.95. The van der Waals surface area contributed by atoms with Crippen molar-refractivity contribution in [3.8, 4) is 0 Å². The molecular weight excluding hydrogens is 136 g/mol. The van der Waals surface area contributed by atoms with Gasteiger partial charge in [-0.15, -0.1) is 11.6 Å². The van der Waals surface area contributed by atoms with Crippen LogP contribution in [-0.4, -0.2) is 11.7 Å². The predicted molar refractivity (Wildman–Crippen MR) is 35.5 cm³/mol. The first kappa shape index (κ1) is 5.72. The maximum Gasteiger partial charge on any atom is 0.140 e. The Morgan fingerprint density at radius 3 is 2.78 bits per heavy atom. The summed E-state index contributed by atoms with van der Waals surface area (Å²) in [5, 5.41) is 0. The zero-order chi connectivity index (χ0) is 6.48. The minimum absolute atomic E-state index is 0.0123. The first-order valence-corrected chi connectivity index (χ1v) is 3.92. The number of ketones is 1. The minimum atomic E-state index is -0.0123. The third-order valence-electron chi connectivity index (χ3n) is 2.75. The number of hydrogen-bond acceptors (Lipinski definition) is 1. The summed E-state index contributed by atoms with van der Waals surface area (Å²) >= 11 is 5.66. The monoisotopic (exact) mass is 144 g/mol. The van der Waals surface area contributed by atoms with Gasteiger partial charge >= 0.3 is 0 Å². The SMILES string of the molecule is O=C1CCC2CC12CCl. The van der Waals surface area contributed by atoms with E-state index in [1.807, 2.05) is 0 Å². The molecule has 0 aliphatic heterocycles. The van der Waals surface area contributed by atoms with Crippen LogP contribution in [0, 0.1) is 11.3 Å². The van der Waals surface area contributed by atoms with Crippen LogP contribution in [0.2, 0.25) is 0 Å². The molecule has 2 heteroatoms. The highest BCUT2D eigenvalue weighted by atomic mass is 35.5. The van der Waals surface area contributed by atoms with Crippen LogP contribution in [0.25, 0.3) is 0 Å². The Balaban J connectivity index is 2.23. The number of fused-ring (bicyclic) bond motifs is 1. The number of rotatable bonds is 1. The van der Waals surface area contributed by atoms with E-state index in [0.717, 1.165) is 19.3 Å². The topological polar surface area (TPSA) is 17.1 Å². The molecule has 2 rings (SSSR count). The molecule has 0 amide bonds. The van der Waals surface area contributed by atoms with Crippen molar-refractivity contribution in [1.29, 1.82) is 0 Å². The lowest BCUT2D eigenvalue weighted by molar-refractivity contribution is -0.122. The Morgan fingerprint density at radius 2 is 2.56 bits per heavy atom. The summed E-state index contributed by atoms with van der Waals surface area (Å²) in [6.45, 7) is 0. The van der Waals surface area contributed by atoms with Gasteiger partial charge in [-0.25, -0.2) is 0 Å². The number of halogens is 1. The van der Waals surface area contributed by atoms with Gasteiger partial charge in [0.1, 0.15) is 5.78 Å². The molecule has 0 N–H and O–H groups in total. The van der Waals surface area contributed by atoms with E-state index in [0.29, 0.717) is 17.6 Å². The minimum Gasteiger partial charge on any atom is -0.299 e. The molecular formula is C7H9ClO. The van der Waals surface area contributed by atoms with Crippen LogP contribution in [0.4, 0.5) is 0 Å². The summed E-state index contributed by atoms with van der Waals surface area (Å²) in [6, 6.07) is 0. The molecule has 0 spiro atoms. The average molecular weight is 145 g/mol. The molecule has 0 heterocycles. The fraction of sp³-hybridized carbons (Fsp3) is 0.857. The van der Waals surface area contributed by atoms with Crippen LogP contribution < -0.4 is 0 Å². The molecule has 1 nitrogen and oxygen atoms in total. The highest BCUT2D eigenvalue weighted by Gasteiger charge is 2.62. The average Bonchev–Trinajstić information content (AvgIpc) is 2.52. The molecule has 0 aromatic carbocycles. The third-order valence-corrected chi connectivity index (χ3v) is 3.22. The molecule has 2 fully saturated rings. The Morgan fingerprint density at radius 1 is 1.78 bits per heavy atom. The van der Waals surface area contributed by atoms with Crippen LogP contribution in [0.5, 0.6) is 0 Å². The molecule has 0 aromatic rings. The van der Waals surface area contributed by atoms with Gasteiger partial charge in [0.25, 0.3) is 0 Å². The second-order valence-electron chi connectivity index (χ2n) is 3.15. The zero-order valence-electron chi connectivity index (χ0n) is 5.19. The standard InChI is InChI=1S/C7H9ClO/c8-4-7-3-5(7)1-2-6(7)9/h5H,1-4H2. The molecule has 0 saturated heterocycles. The van der Waals surface area contributed by atoms with Crippen LogP contribution in [-0.2, 0) is 4.79 Å². The Hall–Kier alpha value is -0.0400. The lowest BCUT2D eigenvalue weighted by Gasteiger charge is -2.01. The number of hydrogen-bond donors (Lipinski definition) is 0. The fourth-order valence-electron chi connectivity index (χ4n) is 1.89. The molecule has 50 valence electrons. The Kier molecular flexibility index (Phi) is 0.963. The molecule has 0 bridgehead atoms. The third kappa shape index (κ3) is 0.536. The normalized spacial score (nSPS) is 47.2.